The van der Waals surface area contributed by atoms with E-state index in [1.165, 1.54) is 0 Å². The molecule has 0 fully saturated rings. The molecule has 0 saturated carbocycles. The Bertz CT molecular complexity index is 1040. The Kier molecular flexibility index (Phi) is 11.5. The lowest BCUT2D eigenvalue weighted by molar-refractivity contribution is -0.150. The molecule has 0 spiro atoms. The van der Waals surface area contributed by atoms with Gasteiger partial charge in [0.05, 0.1) is 24.0 Å². The molecule has 2 aromatic rings. The smallest absolute Gasteiger partial charge is 0.317 e. The first-order valence-corrected chi connectivity index (χ1v) is 12.8. The van der Waals surface area contributed by atoms with Gasteiger partial charge in [0.15, 0.2) is 0 Å². The van der Waals surface area contributed by atoms with Crippen LogP contribution in [0.3, 0.4) is 0 Å². The van der Waals surface area contributed by atoms with Crippen LogP contribution in [0, 0.1) is 0 Å². The molecule has 0 amide bonds. The Morgan fingerprint density at radius 3 is 1.78 bits per heavy atom. The summed E-state index contributed by atoms with van der Waals surface area (Å²) in [5.41, 5.74) is 0.547. The number of allylic oxidation sites excluding steroid dienone is 4. The van der Waals surface area contributed by atoms with Crippen molar-refractivity contribution in [3.05, 3.63) is 107 Å². The first-order valence-electron chi connectivity index (χ1n) is 12.0. The predicted octanol–water partition coefficient (Wildman–Crippen LogP) is 7.78. The maximum atomic E-state index is 12.4. The highest BCUT2D eigenvalue weighted by Gasteiger charge is 2.42. The van der Waals surface area contributed by atoms with E-state index in [-0.39, 0.29) is 11.9 Å². The number of carbonyl (C=O) groups is 2. The Morgan fingerprint density at radius 1 is 0.861 bits per heavy atom. The zero-order valence-electron chi connectivity index (χ0n) is 21.0. The van der Waals surface area contributed by atoms with Crippen LogP contribution in [0.15, 0.2) is 86.0 Å². The van der Waals surface area contributed by atoms with Gasteiger partial charge < -0.3 is 9.47 Å². The summed E-state index contributed by atoms with van der Waals surface area (Å²) in [7, 11) is 0. The largest absolute Gasteiger partial charge is 0.465 e. The van der Waals surface area contributed by atoms with E-state index in [0.29, 0.717) is 48.9 Å². The van der Waals surface area contributed by atoms with Gasteiger partial charge in [-0.15, -0.1) is 13.2 Å². The van der Waals surface area contributed by atoms with E-state index in [4.69, 9.17) is 32.7 Å². The van der Waals surface area contributed by atoms with Crippen molar-refractivity contribution in [1.82, 2.24) is 0 Å². The lowest BCUT2D eigenvalue weighted by atomic mass is 9.75. The van der Waals surface area contributed by atoms with Gasteiger partial charge >= 0.3 is 11.9 Å². The Hall–Kier alpha value is -2.82. The molecule has 0 atom stereocenters. The minimum Gasteiger partial charge on any atom is -0.465 e. The van der Waals surface area contributed by atoms with Crippen molar-refractivity contribution in [2.75, 3.05) is 13.2 Å². The van der Waals surface area contributed by atoms with Crippen molar-refractivity contribution < 1.29 is 19.1 Å². The summed E-state index contributed by atoms with van der Waals surface area (Å²) in [6, 6.07) is 14.7. The molecule has 0 N–H and O–H groups in total. The number of esters is 2. The van der Waals surface area contributed by atoms with E-state index < -0.39 is 10.8 Å². The monoisotopic (exact) mass is 528 g/mol. The van der Waals surface area contributed by atoms with Crippen molar-refractivity contribution in [3.63, 3.8) is 0 Å². The van der Waals surface area contributed by atoms with E-state index in [2.05, 4.69) is 13.2 Å². The van der Waals surface area contributed by atoms with E-state index in [9.17, 15) is 9.59 Å². The highest BCUT2D eigenvalue weighted by molar-refractivity contribution is 6.30. The van der Waals surface area contributed by atoms with Gasteiger partial charge in [0.2, 0.25) is 0 Å². The maximum Gasteiger partial charge on any atom is 0.317 e. The number of rotatable bonds is 10. The fourth-order valence-corrected chi connectivity index (χ4v) is 4.60. The van der Waals surface area contributed by atoms with Crippen molar-refractivity contribution >= 4 is 35.1 Å². The van der Waals surface area contributed by atoms with Gasteiger partial charge in [-0.1, -0.05) is 71.8 Å². The van der Waals surface area contributed by atoms with E-state index in [1.807, 2.05) is 55.5 Å². The van der Waals surface area contributed by atoms with Crippen LogP contribution in [0.2, 0.25) is 10.0 Å². The minimum absolute atomic E-state index is 0.146. The fourth-order valence-electron chi connectivity index (χ4n) is 4.35. The van der Waals surface area contributed by atoms with Gasteiger partial charge in [-0.05, 0) is 74.9 Å². The molecular weight excluding hydrogens is 495 g/mol. The van der Waals surface area contributed by atoms with Crippen LogP contribution in [-0.4, -0.2) is 25.2 Å². The fraction of sp³-hybridized carbons (Fsp3) is 0.333. The van der Waals surface area contributed by atoms with Crippen LogP contribution in [0.25, 0.3) is 0 Å². The number of carbonyl (C=O) groups excluding carboxylic acids is 2. The third kappa shape index (κ3) is 6.89. The van der Waals surface area contributed by atoms with Crippen molar-refractivity contribution in [2.24, 2.45) is 0 Å². The van der Waals surface area contributed by atoms with Gasteiger partial charge in [0.1, 0.15) is 0 Å². The Balaban J connectivity index is 0.000000255. The quantitative estimate of drug-likeness (QED) is 0.233. The van der Waals surface area contributed by atoms with Gasteiger partial charge in [-0.3, -0.25) is 9.59 Å². The van der Waals surface area contributed by atoms with Gasteiger partial charge in [0.25, 0.3) is 0 Å². The molecule has 2 aromatic carbocycles. The average molecular weight is 530 g/mol. The minimum atomic E-state index is -0.760. The molecule has 192 valence electrons. The second kappa shape index (κ2) is 14.1. The number of benzene rings is 2. The molecule has 4 nitrogen and oxygen atoms in total. The number of halogens is 2. The first kappa shape index (κ1) is 29.4. The van der Waals surface area contributed by atoms with Crippen LogP contribution in [0.4, 0.5) is 0 Å². The molecule has 1 aliphatic rings. The third-order valence-corrected chi connectivity index (χ3v) is 6.71. The van der Waals surface area contributed by atoms with Crippen molar-refractivity contribution in [3.8, 4) is 0 Å². The molecule has 1 aliphatic carbocycles. The van der Waals surface area contributed by atoms with Crippen molar-refractivity contribution in [2.45, 2.75) is 50.4 Å². The van der Waals surface area contributed by atoms with Crippen LogP contribution in [-0.2, 0) is 29.9 Å². The summed E-state index contributed by atoms with van der Waals surface area (Å²) in [5, 5.41) is 1.32. The lowest BCUT2D eigenvalue weighted by Gasteiger charge is -2.30. The summed E-state index contributed by atoms with van der Waals surface area (Å²) in [4.78, 5) is 24.5. The zero-order valence-corrected chi connectivity index (χ0v) is 22.5. The molecule has 0 unspecified atom stereocenters. The topological polar surface area (TPSA) is 52.6 Å². The predicted molar refractivity (Wildman–Crippen MR) is 148 cm³/mol. The Morgan fingerprint density at radius 2 is 1.33 bits per heavy atom. The highest BCUT2D eigenvalue weighted by Crippen LogP contribution is 2.39. The maximum absolute atomic E-state index is 12.4. The van der Waals surface area contributed by atoms with Gasteiger partial charge in [-0.2, -0.15) is 0 Å². The SMILES string of the molecule is C=CCC(CC=C)(C(=O)OCC)c1ccc(Cl)cc1.CCOC(=O)C1(c2ccc(Cl)cc2)CC=CC1. The van der Waals surface area contributed by atoms with E-state index >= 15 is 0 Å². The second-order valence-corrected chi connectivity index (χ2v) is 9.36. The summed E-state index contributed by atoms with van der Waals surface area (Å²) in [6.45, 7) is 11.9. The third-order valence-electron chi connectivity index (χ3n) is 6.21. The summed E-state index contributed by atoms with van der Waals surface area (Å²) < 4.78 is 10.4. The molecule has 36 heavy (non-hydrogen) atoms. The van der Waals surface area contributed by atoms with Crippen LogP contribution >= 0.6 is 23.2 Å². The number of hydrogen-bond acceptors (Lipinski definition) is 4. The lowest BCUT2D eigenvalue weighted by Crippen LogP contribution is -2.36. The van der Waals surface area contributed by atoms with E-state index in [0.717, 1.165) is 11.1 Å². The zero-order chi connectivity index (χ0) is 26.6. The number of ether oxygens (including phenoxy) is 2. The van der Waals surface area contributed by atoms with Crippen molar-refractivity contribution in [1.29, 1.82) is 0 Å². The Labute approximate surface area is 224 Å². The van der Waals surface area contributed by atoms with Crippen LogP contribution in [0.1, 0.15) is 50.7 Å². The second-order valence-electron chi connectivity index (χ2n) is 8.48. The summed E-state index contributed by atoms with van der Waals surface area (Å²) in [5.74, 6) is -0.399. The first-order chi connectivity index (χ1) is 17.3. The molecule has 0 aliphatic heterocycles. The molecule has 0 radical (unpaired) electrons. The normalized spacial score (nSPS) is 13.8. The standard InChI is InChI=1S/C16H19ClO2.C14H15ClO2/c1-4-11-16(12-5-2,15(18)19-6-3)13-7-9-14(17)10-8-13;1-2-17-13(16)14(9-3-4-10-14)11-5-7-12(15)8-6-11/h4-5,7-10H,1-2,6,11-12H2,3H3;3-8H,2,9-10H2,1H3. The molecule has 0 aromatic heterocycles. The number of hydrogen-bond donors (Lipinski definition) is 0. The average Bonchev–Trinajstić information content (AvgIpc) is 3.37. The van der Waals surface area contributed by atoms with Gasteiger partial charge in [0, 0.05) is 10.0 Å². The molecule has 0 bridgehead atoms. The molecule has 6 heteroatoms. The molecule has 0 heterocycles. The van der Waals surface area contributed by atoms with Crippen LogP contribution < -0.4 is 0 Å². The summed E-state index contributed by atoms with van der Waals surface area (Å²) in [6.07, 6.45) is 9.93. The molecule has 0 saturated heterocycles. The summed E-state index contributed by atoms with van der Waals surface area (Å²) >= 11 is 11.8. The molecular formula is C30H34Cl2O4. The van der Waals surface area contributed by atoms with E-state index in [1.54, 1.807) is 31.2 Å². The van der Waals surface area contributed by atoms with Gasteiger partial charge in [-0.25, -0.2) is 0 Å². The van der Waals surface area contributed by atoms with Crippen LogP contribution in [0.5, 0.6) is 0 Å². The molecule has 3 rings (SSSR count). The highest BCUT2D eigenvalue weighted by atomic mass is 35.5.